The Bertz CT molecular complexity index is 334. The molecule has 90 valence electrons. The van der Waals surface area contributed by atoms with Gasteiger partial charge in [0.1, 0.15) is 0 Å². The Labute approximate surface area is 97.5 Å². The van der Waals surface area contributed by atoms with Gasteiger partial charge in [0.2, 0.25) is 0 Å². The zero-order chi connectivity index (χ0) is 11.5. The van der Waals surface area contributed by atoms with Gasteiger partial charge in [-0.25, -0.2) is 0 Å². The van der Waals surface area contributed by atoms with Crippen LogP contribution >= 0.6 is 0 Å². The summed E-state index contributed by atoms with van der Waals surface area (Å²) in [6.07, 6.45) is 9.32. The van der Waals surface area contributed by atoms with Gasteiger partial charge in [0, 0.05) is 13.2 Å². The molecule has 0 radical (unpaired) electrons. The van der Waals surface area contributed by atoms with Crippen molar-refractivity contribution in [1.82, 2.24) is 9.78 Å². The summed E-state index contributed by atoms with van der Waals surface area (Å²) in [4.78, 5) is 0. The predicted octanol–water partition coefficient (Wildman–Crippen LogP) is 2.15. The number of hydrogen-bond acceptors (Lipinski definition) is 2. The van der Waals surface area contributed by atoms with Gasteiger partial charge < -0.3 is 5.11 Å². The van der Waals surface area contributed by atoms with Crippen molar-refractivity contribution in [2.24, 2.45) is 18.9 Å². The first-order valence-corrected chi connectivity index (χ1v) is 6.30. The summed E-state index contributed by atoms with van der Waals surface area (Å²) < 4.78 is 1.82. The third kappa shape index (κ3) is 2.85. The number of nitrogens with zero attached hydrogens (tertiary/aromatic N) is 2. The van der Waals surface area contributed by atoms with Crippen LogP contribution in [0.2, 0.25) is 0 Å². The lowest BCUT2D eigenvalue weighted by atomic mass is 9.95. The van der Waals surface area contributed by atoms with Gasteiger partial charge in [-0.2, -0.15) is 5.10 Å². The zero-order valence-corrected chi connectivity index (χ0v) is 10.3. The monoisotopic (exact) mass is 222 g/mol. The van der Waals surface area contributed by atoms with Crippen LogP contribution in [-0.4, -0.2) is 21.0 Å². The van der Waals surface area contributed by atoms with Crippen LogP contribution in [0.15, 0.2) is 12.4 Å². The van der Waals surface area contributed by atoms with Gasteiger partial charge in [0.15, 0.2) is 0 Å². The molecule has 1 aromatic rings. The molecule has 1 fully saturated rings. The molecule has 0 spiro atoms. The summed E-state index contributed by atoms with van der Waals surface area (Å²) in [6, 6.07) is 0. The molecule has 2 rings (SSSR count). The maximum absolute atomic E-state index is 10.1. The Morgan fingerprint density at radius 2 is 2.38 bits per heavy atom. The van der Waals surface area contributed by atoms with Crippen LogP contribution in [-0.2, 0) is 13.5 Å². The standard InChI is InChI=1S/C13H22N2O/c1-10-3-5-12(7-10)13(16)6-4-11-8-14-15(2)9-11/h8-10,12-13,16H,3-7H2,1-2H3. The van der Waals surface area contributed by atoms with Gasteiger partial charge >= 0.3 is 0 Å². The first kappa shape index (κ1) is 11.6. The van der Waals surface area contributed by atoms with Crippen LogP contribution < -0.4 is 0 Å². The fourth-order valence-corrected chi connectivity index (χ4v) is 2.75. The van der Waals surface area contributed by atoms with Crippen LogP contribution in [0, 0.1) is 11.8 Å². The van der Waals surface area contributed by atoms with Crippen molar-refractivity contribution in [2.45, 2.75) is 45.1 Å². The second-order valence-electron chi connectivity index (χ2n) is 5.31. The molecule has 3 heteroatoms. The Kier molecular flexibility index (Phi) is 3.64. The molecule has 1 aliphatic carbocycles. The van der Waals surface area contributed by atoms with Crippen molar-refractivity contribution in [2.75, 3.05) is 0 Å². The Morgan fingerprint density at radius 3 is 2.94 bits per heavy atom. The molecule has 0 aliphatic heterocycles. The third-order valence-corrected chi connectivity index (χ3v) is 3.77. The van der Waals surface area contributed by atoms with Crippen LogP contribution in [0.3, 0.4) is 0 Å². The van der Waals surface area contributed by atoms with Crippen molar-refractivity contribution in [1.29, 1.82) is 0 Å². The molecule has 3 atom stereocenters. The van der Waals surface area contributed by atoms with Gasteiger partial charge in [-0.05, 0) is 43.1 Å². The molecule has 3 unspecified atom stereocenters. The highest BCUT2D eigenvalue weighted by atomic mass is 16.3. The smallest absolute Gasteiger partial charge is 0.0571 e. The first-order chi connectivity index (χ1) is 7.65. The van der Waals surface area contributed by atoms with Gasteiger partial charge in [-0.3, -0.25) is 4.68 Å². The lowest BCUT2D eigenvalue weighted by Gasteiger charge is -2.17. The lowest BCUT2D eigenvalue weighted by Crippen LogP contribution is -2.18. The summed E-state index contributed by atoms with van der Waals surface area (Å²) in [7, 11) is 1.93. The van der Waals surface area contributed by atoms with E-state index in [1.54, 1.807) is 0 Å². The molecule has 1 N–H and O–H groups in total. The van der Waals surface area contributed by atoms with Crippen LogP contribution in [0.4, 0.5) is 0 Å². The van der Waals surface area contributed by atoms with Crippen LogP contribution in [0.25, 0.3) is 0 Å². The number of hydrogen-bond donors (Lipinski definition) is 1. The predicted molar refractivity (Wildman–Crippen MR) is 64.0 cm³/mol. The normalized spacial score (nSPS) is 27.2. The van der Waals surface area contributed by atoms with E-state index in [1.165, 1.54) is 24.8 Å². The molecular formula is C13H22N2O. The Balaban J connectivity index is 1.77. The molecule has 0 amide bonds. The maximum Gasteiger partial charge on any atom is 0.0571 e. The molecule has 1 heterocycles. The van der Waals surface area contributed by atoms with Gasteiger partial charge in [-0.1, -0.05) is 13.3 Å². The van der Waals surface area contributed by atoms with E-state index in [1.807, 2.05) is 24.1 Å². The van der Waals surface area contributed by atoms with E-state index in [0.717, 1.165) is 18.8 Å². The highest BCUT2D eigenvalue weighted by molar-refractivity contribution is 5.03. The quantitative estimate of drug-likeness (QED) is 0.847. The summed E-state index contributed by atoms with van der Waals surface area (Å²) in [6.45, 7) is 2.29. The third-order valence-electron chi connectivity index (χ3n) is 3.77. The molecular weight excluding hydrogens is 200 g/mol. The van der Waals surface area contributed by atoms with Gasteiger partial charge in [-0.15, -0.1) is 0 Å². The fourth-order valence-electron chi connectivity index (χ4n) is 2.75. The van der Waals surface area contributed by atoms with Crippen molar-refractivity contribution in [3.05, 3.63) is 18.0 Å². The average Bonchev–Trinajstić information content (AvgIpc) is 2.84. The molecule has 3 nitrogen and oxygen atoms in total. The topological polar surface area (TPSA) is 38.1 Å². The highest BCUT2D eigenvalue weighted by Gasteiger charge is 2.27. The number of aliphatic hydroxyl groups excluding tert-OH is 1. The molecule has 0 aromatic carbocycles. The van der Waals surface area contributed by atoms with E-state index in [0.29, 0.717) is 5.92 Å². The maximum atomic E-state index is 10.1. The van der Waals surface area contributed by atoms with Crippen molar-refractivity contribution >= 4 is 0 Å². The van der Waals surface area contributed by atoms with E-state index < -0.39 is 0 Å². The molecule has 1 aliphatic rings. The minimum Gasteiger partial charge on any atom is -0.393 e. The number of rotatable bonds is 4. The minimum absolute atomic E-state index is 0.120. The van der Waals surface area contributed by atoms with Gasteiger partial charge in [0.25, 0.3) is 0 Å². The van der Waals surface area contributed by atoms with E-state index in [-0.39, 0.29) is 6.10 Å². The van der Waals surface area contributed by atoms with E-state index in [4.69, 9.17) is 0 Å². The van der Waals surface area contributed by atoms with Crippen LogP contribution in [0.5, 0.6) is 0 Å². The summed E-state index contributed by atoms with van der Waals surface area (Å²) >= 11 is 0. The van der Waals surface area contributed by atoms with Gasteiger partial charge in [0.05, 0.1) is 12.3 Å². The number of aliphatic hydroxyl groups is 1. The summed E-state index contributed by atoms with van der Waals surface area (Å²) in [5.41, 5.74) is 1.23. The molecule has 1 aromatic heterocycles. The minimum atomic E-state index is -0.120. The number of aryl methyl sites for hydroxylation is 2. The zero-order valence-electron chi connectivity index (χ0n) is 10.3. The highest BCUT2D eigenvalue weighted by Crippen LogP contribution is 2.33. The van der Waals surface area contributed by atoms with E-state index in [9.17, 15) is 5.11 Å². The number of aromatic nitrogens is 2. The molecule has 0 saturated heterocycles. The van der Waals surface area contributed by atoms with Crippen LogP contribution in [0.1, 0.15) is 38.2 Å². The SMILES string of the molecule is CC1CCC(C(O)CCc2cnn(C)c2)C1. The van der Waals surface area contributed by atoms with Crippen molar-refractivity contribution in [3.63, 3.8) is 0 Å². The Hall–Kier alpha value is -0.830. The second kappa shape index (κ2) is 5.00. The Morgan fingerprint density at radius 1 is 1.56 bits per heavy atom. The van der Waals surface area contributed by atoms with Crippen molar-refractivity contribution in [3.8, 4) is 0 Å². The molecule has 1 saturated carbocycles. The molecule has 16 heavy (non-hydrogen) atoms. The van der Waals surface area contributed by atoms with E-state index in [2.05, 4.69) is 12.0 Å². The van der Waals surface area contributed by atoms with Crippen molar-refractivity contribution < 1.29 is 5.11 Å². The molecule has 0 bridgehead atoms. The first-order valence-electron chi connectivity index (χ1n) is 6.30. The second-order valence-corrected chi connectivity index (χ2v) is 5.31. The lowest BCUT2D eigenvalue weighted by molar-refractivity contribution is 0.100. The van der Waals surface area contributed by atoms with E-state index >= 15 is 0 Å². The largest absolute Gasteiger partial charge is 0.393 e. The summed E-state index contributed by atoms with van der Waals surface area (Å²) in [5, 5.41) is 14.2. The average molecular weight is 222 g/mol. The summed E-state index contributed by atoms with van der Waals surface area (Å²) in [5.74, 6) is 1.34. The fraction of sp³-hybridized carbons (Fsp3) is 0.769.